The van der Waals surface area contributed by atoms with E-state index in [4.69, 9.17) is 21.4 Å². The molecule has 186 valence electrons. The van der Waals surface area contributed by atoms with E-state index in [1.165, 1.54) is 25.8 Å². The van der Waals surface area contributed by atoms with Gasteiger partial charge in [0.15, 0.2) is 0 Å². The quantitative estimate of drug-likeness (QED) is 0.216. The van der Waals surface area contributed by atoms with Crippen LogP contribution in [0, 0.1) is 0 Å². The van der Waals surface area contributed by atoms with Gasteiger partial charge in [-0.2, -0.15) is 0 Å². The third kappa shape index (κ3) is 4.63. The summed E-state index contributed by atoms with van der Waals surface area (Å²) in [6.07, 6.45) is -0.774. The van der Waals surface area contributed by atoms with Gasteiger partial charge in [0.05, 0.1) is 29.8 Å². The molecule has 0 saturated heterocycles. The fourth-order valence-corrected chi connectivity index (χ4v) is 5.41. The zero-order valence-corrected chi connectivity index (χ0v) is 21.5. The average Bonchev–Trinajstić information content (AvgIpc) is 2.91. The second-order valence-corrected chi connectivity index (χ2v) is 9.62. The van der Waals surface area contributed by atoms with E-state index in [9.17, 15) is 14.7 Å². The summed E-state index contributed by atoms with van der Waals surface area (Å²) in [7, 11) is 1.31. The molecule has 3 aromatic carbocycles. The number of fused-ring (bicyclic) bond motifs is 3. The maximum absolute atomic E-state index is 13.4. The Morgan fingerprint density at radius 1 is 1.08 bits per heavy atom. The number of halogens is 1. The molecule has 0 aliphatic carbocycles. The Labute approximate surface area is 222 Å². The predicted octanol–water partition coefficient (Wildman–Crippen LogP) is 4.15. The van der Waals surface area contributed by atoms with Crippen molar-refractivity contribution in [2.24, 2.45) is 0 Å². The molecule has 1 aliphatic heterocycles. The number of aromatic nitrogens is 3. The number of hydrogen-bond donors (Lipinski definition) is 0. The predicted molar refractivity (Wildman–Crippen MR) is 137 cm³/mol. The first kappa shape index (κ1) is 24.7. The summed E-state index contributed by atoms with van der Waals surface area (Å²) in [5.41, 5.74) is 3.33. The van der Waals surface area contributed by atoms with Crippen LogP contribution in [0.2, 0.25) is 5.02 Å². The number of hydrogen-bond acceptors (Lipinski definition) is 7. The minimum Gasteiger partial charge on any atom is -0.854 e. The number of rotatable bonds is 5. The Kier molecular flexibility index (Phi) is 6.82. The molecule has 1 aliphatic rings. The van der Waals surface area contributed by atoms with E-state index in [-0.39, 0.29) is 16.8 Å². The van der Waals surface area contributed by atoms with Gasteiger partial charge in [-0.25, -0.2) is 14.7 Å². The first-order chi connectivity index (χ1) is 17.9. The summed E-state index contributed by atoms with van der Waals surface area (Å²) >= 11 is 7.58. The van der Waals surface area contributed by atoms with Gasteiger partial charge in [0.25, 0.3) is 17.0 Å². The number of carbonyl (C=O) groups excluding carboxylic acids is 2. The highest BCUT2D eigenvalue weighted by atomic mass is 35.5. The van der Waals surface area contributed by atoms with E-state index in [1.54, 1.807) is 64.2 Å². The van der Waals surface area contributed by atoms with Gasteiger partial charge >= 0.3 is 5.97 Å². The molecular formula is C27H21ClN4O4S. The van der Waals surface area contributed by atoms with Crippen LogP contribution in [0.5, 0.6) is 5.88 Å². The van der Waals surface area contributed by atoms with Gasteiger partial charge in [0.1, 0.15) is 0 Å². The SMILES string of the molecule is COC(=O)c1ccc(C2N(C(C)=O)c3ccccc3-c3c([O-])nc(SCc4ccccc4Cl)n[n+]32)cc1. The van der Waals surface area contributed by atoms with Crippen molar-refractivity contribution in [3.8, 4) is 17.1 Å². The molecule has 2 heterocycles. The van der Waals surface area contributed by atoms with Crippen molar-refractivity contribution in [2.45, 2.75) is 24.0 Å². The highest BCUT2D eigenvalue weighted by Gasteiger charge is 2.43. The van der Waals surface area contributed by atoms with Crippen molar-refractivity contribution < 1.29 is 24.1 Å². The molecule has 1 amide bonds. The van der Waals surface area contributed by atoms with Gasteiger partial charge < -0.3 is 9.84 Å². The number of nitrogens with zero attached hydrogens (tertiary/aromatic N) is 4. The van der Waals surface area contributed by atoms with Crippen LogP contribution in [0.1, 0.15) is 34.6 Å². The van der Waals surface area contributed by atoms with Crippen LogP contribution in [0.15, 0.2) is 78.0 Å². The maximum atomic E-state index is 13.4. The highest BCUT2D eigenvalue weighted by molar-refractivity contribution is 7.98. The van der Waals surface area contributed by atoms with E-state index in [0.717, 1.165) is 5.56 Å². The van der Waals surface area contributed by atoms with Gasteiger partial charge in [-0.1, -0.05) is 58.4 Å². The van der Waals surface area contributed by atoms with E-state index < -0.39 is 18.0 Å². The van der Waals surface area contributed by atoms with Crippen LogP contribution in [-0.2, 0) is 15.3 Å². The highest BCUT2D eigenvalue weighted by Crippen LogP contribution is 2.41. The molecular weight excluding hydrogens is 512 g/mol. The largest absolute Gasteiger partial charge is 0.854 e. The number of ether oxygens (including phenoxy) is 1. The molecule has 1 aromatic heterocycles. The number of methoxy groups -OCH3 is 1. The maximum Gasteiger partial charge on any atom is 0.337 e. The molecule has 4 aromatic rings. The molecule has 0 bridgehead atoms. The van der Waals surface area contributed by atoms with Gasteiger partial charge in [0.2, 0.25) is 5.91 Å². The lowest BCUT2D eigenvalue weighted by Crippen LogP contribution is -2.58. The van der Waals surface area contributed by atoms with Crippen molar-refractivity contribution in [2.75, 3.05) is 12.0 Å². The van der Waals surface area contributed by atoms with Crippen LogP contribution in [0.25, 0.3) is 11.3 Å². The lowest BCUT2D eigenvalue weighted by atomic mass is 10.0. The van der Waals surface area contributed by atoms with E-state index >= 15 is 0 Å². The number of anilines is 1. The smallest absolute Gasteiger partial charge is 0.337 e. The Bertz CT molecular complexity index is 1510. The molecule has 0 spiro atoms. The normalized spacial score (nSPS) is 14.0. The third-order valence-corrected chi connectivity index (χ3v) is 7.26. The average molecular weight is 533 g/mol. The molecule has 0 fully saturated rings. The van der Waals surface area contributed by atoms with Crippen molar-refractivity contribution in [3.05, 3.63) is 94.5 Å². The number of amides is 1. The monoisotopic (exact) mass is 532 g/mol. The van der Waals surface area contributed by atoms with Crippen molar-refractivity contribution >= 4 is 40.9 Å². The lowest BCUT2D eigenvalue weighted by Gasteiger charge is -2.32. The van der Waals surface area contributed by atoms with E-state index in [2.05, 4.69) is 4.98 Å². The zero-order valence-electron chi connectivity index (χ0n) is 19.9. The second-order valence-electron chi connectivity index (χ2n) is 8.27. The van der Waals surface area contributed by atoms with Crippen LogP contribution >= 0.6 is 23.4 Å². The fraction of sp³-hybridized carbons (Fsp3) is 0.148. The zero-order chi connectivity index (χ0) is 26.1. The van der Waals surface area contributed by atoms with Gasteiger partial charge in [-0.05, 0) is 48.0 Å². The molecule has 0 saturated carbocycles. The Morgan fingerprint density at radius 3 is 2.49 bits per heavy atom. The molecule has 37 heavy (non-hydrogen) atoms. The van der Waals surface area contributed by atoms with E-state index in [0.29, 0.717) is 33.2 Å². The number of esters is 1. The van der Waals surface area contributed by atoms with Gasteiger partial charge in [-0.15, -0.1) is 0 Å². The first-order valence-electron chi connectivity index (χ1n) is 11.3. The molecule has 5 rings (SSSR count). The van der Waals surface area contributed by atoms with Crippen molar-refractivity contribution in [1.29, 1.82) is 0 Å². The minimum absolute atomic E-state index is 0.232. The second kappa shape index (κ2) is 10.2. The molecule has 0 N–H and O–H groups in total. The Balaban J connectivity index is 1.65. The van der Waals surface area contributed by atoms with Gasteiger partial charge in [-0.3, -0.25) is 4.79 Å². The Morgan fingerprint density at radius 2 is 1.78 bits per heavy atom. The standard InChI is InChI=1S/C27H21ClN4O4S/c1-16(33)31-22-10-6-4-8-20(22)23-24(34)29-27(37-15-19-7-3-5-9-21(19)28)30-32(23)25(31)17-11-13-18(14-12-17)26(35)36-2/h3-14,25H,15H2,1-2H3. The summed E-state index contributed by atoms with van der Waals surface area (Å²) < 4.78 is 6.35. The van der Waals surface area contributed by atoms with Crippen LogP contribution < -0.4 is 14.7 Å². The number of para-hydroxylation sites is 1. The summed E-state index contributed by atoms with van der Waals surface area (Å²) in [6, 6.07) is 21.3. The van der Waals surface area contributed by atoms with E-state index in [1.807, 2.05) is 18.2 Å². The molecule has 0 radical (unpaired) electrons. The van der Waals surface area contributed by atoms with Crippen LogP contribution in [-0.4, -0.2) is 29.1 Å². The minimum atomic E-state index is -0.774. The third-order valence-electron chi connectivity index (χ3n) is 6.00. The Hall–Kier alpha value is -3.95. The van der Waals surface area contributed by atoms with Crippen LogP contribution in [0.3, 0.4) is 0 Å². The van der Waals surface area contributed by atoms with Crippen molar-refractivity contribution in [1.82, 2.24) is 10.1 Å². The van der Waals surface area contributed by atoms with Gasteiger partial charge in [0, 0.05) is 28.4 Å². The van der Waals surface area contributed by atoms with Crippen molar-refractivity contribution in [3.63, 3.8) is 0 Å². The summed E-state index contributed by atoms with van der Waals surface area (Å²) in [5, 5.41) is 19.0. The first-order valence-corrected chi connectivity index (χ1v) is 12.7. The molecule has 1 atom stereocenters. The summed E-state index contributed by atoms with van der Waals surface area (Å²) in [5.74, 6) is -0.698. The number of benzene rings is 3. The number of carbonyl (C=O) groups is 2. The fourth-order valence-electron chi connectivity index (χ4n) is 4.30. The molecule has 10 heteroatoms. The topological polar surface area (TPSA) is 99.3 Å². The van der Waals surface area contributed by atoms with Crippen LogP contribution in [0.4, 0.5) is 5.69 Å². The molecule has 8 nitrogen and oxygen atoms in total. The number of thioether (sulfide) groups is 1. The summed E-state index contributed by atoms with van der Waals surface area (Å²) in [4.78, 5) is 30.8. The molecule has 1 unspecified atom stereocenters. The lowest BCUT2D eigenvalue weighted by molar-refractivity contribution is -0.764. The summed E-state index contributed by atoms with van der Waals surface area (Å²) in [6.45, 7) is 1.46.